The predicted molar refractivity (Wildman–Crippen MR) is 104 cm³/mol. The largest absolute Gasteiger partial charge is 0.455 e. The molecule has 0 aliphatic heterocycles. The summed E-state index contributed by atoms with van der Waals surface area (Å²) in [4.78, 5) is 12.2. The number of hydrogen-bond donors (Lipinski definition) is 2. The number of benzene rings is 3. The number of hydrazone groups is 1. The van der Waals surface area contributed by atoms with E-state index >= 15 is 0 Å². The van der Waals surface area contributed by atoms with Gasteiger partial charge in [-0.25, -0.2) is 10.2 Å². The van der Waals surface area contributed by atoms with Gasteiger partial charge in [0.15, 0.2) is 5.75 Å². The molecule has 0 bridgehead atoms. The van der Waals surface area contributed by atoms with E-state index in [1.54, 1.807) is 12.1 Å². The van der Waals surface area contributed by atoms with Crippen LogP contribution in [0.3, 0.4) is 0 Å². The molecule has 0 aliphatic rings. The van der Waals surface area contributed by atoms with Crippen LogP contribution in [0.5, 0.6) is 11.5 Å². The fourth-order valence-corrected chi connectivity index (χ4v) is 2.30. The zero-order valence-electron chi connectivity index (χ0n) is 14.3. The maximum absolute atomic E-state index is 12.2. The normalized spacial score (nSPS) is 10.9. The monoisotopic (exact) mass is 345 g/mol. The van der Waals surface area contributed by atoms with Crippen molar-refractivity contribution in [2.45, 2.75) is 6.92 Å². The lowest BCUT2D eigenvalue weighted by atomic mass is 10.1. The Kier molecular flexibility index (Phi) is 5.62. The summed E-state index contributed by atoms with van der Waals surface area (Å²) in [5, 5.41) is 6.87. The SMILES string of the molecule is C/C(=N\NC(=O)Nc1ccccc1Oc1ccccc1)c1ccccc1. The van der Waals surface area contributed by atoms with E-state index in [1.165, 1.54) is 0 Å². The summed E-state index contributed by atoms with van der Waals surface area (Å²) in [6.45, 7) is 1.84. The van der Waals surface area contributed by atoms with Crippen molar-refractivity contribution in [3.8, 4) is 11.5 Å². The van der Waals surface area contributed by atoms with Crippen molar-refractivity contribution in [2.24, 2.45) is 5.10 Å². The maximum Gasteiger partial charge on any atom is 0.339 e. The number of amides is 2. The standard InChI is InChI=1S/C21H19N3O2/c1-16(17-10-4-2-5-11-17)23-24-21(25)22-19-14-8-9-15-20(19)26-18-12-6-3-7-13-18/h2-15H,1H3,(H2,22,24,25)/b23-16+. The fraction of sp³-hybridized carbons (Fsp3) is 0.0476. The smallest absolute Gasteiger partial charge is 0.339 e. The third-order valence-corrected chi connectivity index (χ3v) is 3.62. The van der Waals surface area contributed by atoms with Crippen molar-refractivity contribution in [1.29, 1.82) is 0 Å². The van der Waals surface area contributed by atoms with Gasteiger partial charge in [-0.1, -0.05) is 60.7 Å². The average molecular weight is 345 g/mol. The second-order valence-electron chi connectivity index (χ2n) is 5.54. The van der Waals surface area contributed by atoms with Gasteiger partial charge >= 0.3 is 6.03 Å². The number of ether oxygens (including phenoxy) is 1. The second kappa shape index (κ2) is 8.48. The molecule has 26 heavy (non-hydrogen) atoms. The second-order valence-corrected chi connectivity index (χ2v) is 5.54. The minimum atomic E-state index is -0.440. The van der Waals surface area contributed by atoms with E-state index < -0.39 is 6.03 Å². The Morgan fingerprint density at radius 3 is 2.19 bits per heavy atom. The molecule has 2 amide bonds. The lowest BCUT2D eigenvalue weighted by Gasteiger charge is -2.12. The zero-order chi connectivity index (χ0) is 18.2. The predicted octanol–water partition coefficient (Wildman–Crippen LogP) is 5.02. The summed E-state index contributed by atoms with van der Waals surface area (Å²) < 4.78 is 5.83. The highest BCUT2D eigenvalue weighted by Crippen LogP contribution is 2.28. The van der Waals surface area contributed by atoms with Crippen LogP contribution in [0.25, 0.3) is 0 Å². The number of carbonyl (C=O) groups excluding carboxylic acids is 1. The van der Waals surface area contributed by atoms with Gasteiger partial charge in [-0.3, -0.25) is 0 Å². The third-order valence-electron chi connectivity index (χ3n) is 3.62. The third kappa shape index (κ3) is 4.70. The van der Waals surface area contributed by atoms with E-state index in [1.807, 2.05) is 79.7 Å². The van der Waals surface area contributed by atoms with Crippen LogP contribution in [0.4, 0.5) is 10.5 Å². The molecule has 0 atom stereocenters. The number of urea groups is 1. The summed E-state index contributed by atoms with van der Waals surface area (Å²) in [7, 11) is 0. The molecule has 130 valence electrons. The number of carbonyl (C=O) groups is 1. The first kappa shape index (κ1) is 17.2. The number of nitrogens with one attached hydrogen (secondary N) is 2. The highest BCUT2D eigenvalue weighted by molar-refractivity contribution is 6.00. The summed E-state index contributed by atoms with van der Waals surface area (Å²) in [5.41, 5.74) is 4.72. The van der Waals surface area contributed by atoms with Crippen molar-refractivity contribution in [2.75, 3.05) is 5.32 Å². The molecule has 0 radical (unpaired) electrons. The summed E-state index contributed by atoms with van der Waals surface area (Å²) in [6.07, 6.45) is 0. The first-order chi connectivity index (χ1) is 12.7. The molecule has 0 saturated heterocycles. The van der Waals surface area contributed by atoms with Crippen molar-refractivity contribution < 1.29 is 9.53 Å². The molecule has 2 N–H and O–H groups in total. The van der Waals surface area contributed by atoms with Crippen molar-refractivity contribution >= 4 is 17.4 Å². The number of nitrogens with zero attached hydrogens (tertiary/aromatic N) is 1. The molecule has 5 heteroatoms. The van der Waals surface area contributed by atoms with Crippen LogP contribution in [-0.4, -0.2) is 11.7 Å². The average Bonchev–Trinajstić information content (AvgIpc) is 2.69. The van der Waals surface area contributed by atoms with Gasteiger partial charge in [0.2, 0.25) is 0 Å². The molecule has 3 aromatic carbocycles. The van der Waals surface area contributed by atoms with Gasteiger partial charge in [0.1, 0.15) is 5.75 Å². The van der Waals surface area contributed by atoms with Crippen LogP contribution in [0.1, 0.15) is 12.5 Å². The van der Waals surface area contributed by atoms with Gasteiger partial charge in [0.25, 0.3) is 0 Å². The van der Waals surface area contributed by atoms with E-state index in [4.69, 9.17) is 4.74 Å². The Morgan fingerprint density at radius 1 is 0.846 bits per heavy atom. The summed E-state index contributed by atoms with van der Waals surface area (Å²) in [6, 6.07) is 25.8. The van der Waals surface area contributed by atoms with Crippen molar-refractivity contribution in [3.63, 3.8) is 0 Å². The van der Waals surface area contributed by atoms with E-state index in [2.05, 4.69) is 15.8 Å². The Labute approximate surface area is 152 Å². The Hall–Kier alpha value is -3.60. The first-order valence-corrected chi connectivity index (χ1v) is 8.21. The number of para-hydroxylation sites is 3. The van der Waals surface area contributed by atoms with E-state index in [-0.39, 0.29) is 0 Å². The van der Waals surface area contributed by atoms with Crippen LogP contribution in [-0.2, 0) is 0 Å². The lowest BCUT2D eigenvalue weighted by Crippen LogP contribution is -2.25. The molecule has 5 nitrogen and oxygen atoms in total. The van der Waals surface area contributed by atoms with Gasteiger partial charge in [-0.05, 0) is 36.8 Å². The molecule has 0 spiro atoms. The number of hydrogen-bond acceptors (Lipinski definition) is 3. The van der Waals surface area contributed by atoms with Crippen LogP contribution < -0.4 is 15.5 Å². The molecule has 0 saturated carbocycles. The van der Waals surface area contributed by atoms with E-state index in [0.717, 1.165) is 11.3 Å². The molecule has 0 heterocycles. The quantitative estimate of drug-likeness (QED) is 0.503. The molecular formula is C21H19N3O2. The topological polar surface area (TPSA) is 62.7 Å². The Balaban J connectivity index is 1.66. The Morgan fingerprint density at radius 2 is 1.46 bits per heavy atom. The molecule has 0 fully saturated rings. The lowest BCUT2D eigenvalue weighted by molar-refractivity contribution is 0.252. The minimum Gasteiger partial charge on any atom is -0.455 e. The van der Waals surface area contributed by atoms with Crippen LogP contribution in [0.15, 0.2) is 90.0 Å². The van der Waals surface area contributed by atoms with Gasteiger partial charge in [0.05, 0.1) is 11.4 Å². The highest BCUT2D eigenvalue weighted by Gasteiger charge is 2.08. The summed E-state index contributed by atoms with van der Waals surface area (Å²) in [5.74, 6) is 1.25. The molecule has 0 aromatic heterocycles. The van der Waals surface area contributed by atoms with Gasteiger partial charge < -0.3 is 10.1 Å². The summed E-state index contributed by atoms with van der Waals surface area (Å²) >= 11 is 0. The highest BCUT2D eigenvalue weighted by atomic mass is 16.5. The van der Waals surface area contributed by atoms with Gasteiger partial charge in [-0.15, -0.1) is 0 Å². The van der Waals surface area contributed by atoms with Crippen LogP contribution in [0, 0.1) is 0 Å². The van der Waals surface area contributed by atoms with Gasteiger partial charge in [-0.2, -0.15) is 5.10 Å². The number of rotatable bonds is 5. The van der Waals surface area contributed by atoms with Crippen molar-refractivity contribution in [1.82, 2.24) is 5.43 Å². The fourth-order valence-electron chi connectivity index (χ4n) is 2.30. The van der Waals surface area contributed by atoms with Crippen molar-refractivity contribution in [3.05, 3.63) is 90.5 Å². The molecule has 3 rings (SSSR count). The maximum atomic E-state index is 12.2. The Bertz CT molecular complexity index is 893. The molecule has 3 aromatic rings. The zero-order valence-corrected chi connectivity index (χ0v) is 14.3. The van der Waals surface area contributed by atoms with Crippen LogP contribution >= 0.6 is 0 Å². The van der Waals surface area contributed by atoms with E-state index in [9.17, 15) is 4.79 Å². The number of anilines is 1. The molecular weight excluding hydrogens is 326 g/mol. The molecule has 0 aliphatic carbocycles. The minimum absolute atomic E-state index is 0.440. The first-order valence-electron chi connectivity index (χ1n) is 8.21. The molecule has 0 unspecified atom stereocenters. The van der Waals surface area contributed by atoms with Crippen LogP contribution in [0.2, 0.25) is 0 Å². The van der Waals surface area contributed by atoms with E-state index in [0.29, 0.717) is 17.2 Å². The van der Waals surface area contributed by atoms with Gasteiger partial charge in [0, 0.05) is 0 Å².